The molecule has 27 heavy (non-hydrogen) atoms. The van der Waals surface area contributed by atoms with Gasteiger partial charge in [-0.1, -0.05) is 0 Å². The fraction of sp³-hybridized carbons (Fsp3) is 0.579. The maximum absolute atomic E-state index is 11.9. The summed E-state index contributed by atoms with van der Waals surface area (Å²) < 4.78 is 26.3. The molecule has 0 aromatic heterocycles. The number of carbonyl (C=O) groups excluding carboxylic acids is 2. The molecule has 1 heterocycles. The molecule has 1 fully saturated rings. The molecule has 0 bridgehead atoms. The third-order valence-electron chi connectivity index (χ3n) is 4.26. The number of esters is 1. The topological polar surface area (TPSA) is 92.3 Å². The number of methoxy groups -OCH3 is 3. The predicted molar refractivity (Wildman–Crippen MR) is 97.4 cm³/mol. The maximum atomic E-state index is 11.9. The standard InChI is InChI=1S/C19H27NO7/c1-23-15-9-13(10-16(24-2)19(15)25-3)6-7-18(22)27-12-17(21)20-11-14-5-4-8-26-14/h9-10,14H,4-8,11-12H2,1-3H3,(H,20,21)/t14-/m0/s1. The van der Waals surface area contributed by atoms with E-state index < -0.39 is 5.97 Å². The number of ether oxygens (including phenoxy) is 5. The second kappa shape index (κ2) is 10.6. The number of hydrogen-bond acceptors (Lipinski definition) is 7. The molecule has 1 aliphatic heterocycles. The fourth-order valence-corrected chi connectivity index (χ4v) is 2.83. The van der Waals surface area contributed by atoms with Crippen LogP contribution in [0.15, 0.2) is 12.1 Å². The largest absolute Gasteiger partial charge is 0.493 e. The van der Waals surface area contributed by atoms with Gasteiger partial charge in [-0.05, 0) is 37.0 Å². The zero-order valence-corrected chi connectivity index (χ0v) is 16.0. The smallest absolute Gasteiger partial charge is 0.306 e. The van der Waals surface area contributed by atoms with E-state index in [1.54, 1.807) is 12.1 Å². The van der Waals surface area contributed by atoms with E-state index >= 15 is 0 Å². The second-order valence-corrected chi connectivity index (χ2v) is 6.13. The molecular formula is C19H27NO7. The molecule has 1 aliphatic rings. The van der Waals surface area contributed by atoms with Gasteiger partial charge in [-0.25, -0.2) is 0 Å². The molecule has 0 unspecified atom stereocenters. The lowest BCUT2D eigenvalue weighted by molar-refractivity contribution is -0.148. The van der Waals surface area contributed by atoms with Gasteiger partial charge in [0.15, 0.2) is 18.1 Å². The molecule has 0 saturated carbocycles. The van der Waals surface area contributed by atoms with Crippen molar-refractivity contribution in [1.29, 1.82) is 0 Å². The first kappa shape index (κ1) is 20.8. The summed E-state index contributed by atoms with van der Waals surface area (Å²) in [5.41, 5.74) is 0.837. The van der Waals surface area contributed by atoms with E-state index in [0.29, 0.717) is 30.2 Å². The highest BCUT2D eigenvalue weighted by Gasteiger charge is 2.17. The normalized spacial score (nSPS) is 15.9. The molecule has 2 rings (SSSR count). The van der Waals surface area contributed by atoms with Crippen molar-refractivity contribution in [3.05, 3.63) is 17.7 Å². The summed E-state index contributed by atoms with van der Waals surface area (Å²) >= 11 is 0. The molecule has 1 atom stereocenters. The molecular weight excluding hydrogens is 354 g/mol. The van der Waals surface area contributed by atoms with Gasteiger partial charge in [-0.2, -0.15) is 0 Å². The van der Waals surface area contributed by atoms with Gasteiger partial charge in [-0.3, -0.25) is 9.59 Å². The Balaban J connectivity index is 1.76. The van der Waals surface area contributed by atoms with Crippen molar-refractivity contribution in [2.45, 2.75) is 31.8 Å². The van der Waals surface area contributed by atoms with Crippen LogP contribution in [0.25, 0.3) is 0 Å². The molecule has 8 heteroatoms. The third-order valence-corrected chi connectivity index (χ3v) is 4.26. The van der Waals surface area contributed by atoms with Crippen LogP contribution < -0.4 is 19.5 Å². The van der Waals surface area contributed by atoms with Gasteiger partial charge in [0.2, 0.25) is 5.75 Å². The number of nitrogens with one attached hydrogen (secondary N) is 1. The zero-order chi connectivity index (χ0) is 19.6. The minimum atomic E-state index is -0.448. The van der Waals surface area contributed by atoms with E-state index in [9.17, 15) is 9.59 Å². The van der Waals surface area contributed by atoms with Crippen molar-refractivity contribution in [3.8, 4) is 17.2 Å². The fourth-order valence-electron chi connectivity index (χ4n) is 2.83. The Morgan fingerprint density at radius 2 is 1.85 bits per heavy atom. The third kappa shape index (κ3) is 6.32. The van der Waals surface area contributed by atoms with Crippen LogP contribution in [0.4, 0.5) is 0 Å². The summed E-state index contributed by atoms with van der Waals surface area (Å²) in [5, 5.41) is 2.71. The number of aryl methyl sites for hydroxylation is 1. The molecule has 1 aromatic carbocycles. The van der Waals surface area contributed by atoms with E-state index in [1.165, 1.54) is 21.3 Å². The molecule has 150 valence electrons. The van der Waals surface area contributed by atoms with E-state index in [0.717, 1.165) is 25.0 Å². The van der Waals surface area contributed by atoms with Crippen molar-refractivity contribution in [2.75, 3.05) is 41.1 Å². The lowest BCUT2D eigenvalue weighted by Crippen LogP contribution is -2.34. The van der Waals surface area contributed by atoms with Crippen molar-refractivity contribution in [3.63, 3.8) is 0 Å². The molecule has 0 spiro atoms. The number of carbonyl (C=O) groups is 2. The van der Waals surface area contributed by atoms with Crippen LogP contribution >= 0.6 is 0 Å². The van der Waals surface area contributed by atoms with Gasteiger partial charge >= 0.3 is 5.97 Å². The molecule has 1 saturated heterocycles. The Morgan fingerprint density at radius 3 is 2.41 bits per heavy atom. The van der Waals surface area contributed by atoms with Crippen molar-refractivity contribution < 1.29 is 33.3 Å². The summed E-state index contributed by atoms with van der Waals surface area (Å²) in [5.74, 6) is 0.763. The lowest BCUT2D eigenvalue weighted by atomic mass is 10.1. The molecule has 1 aromatic rings. The Kier molecular flexibility index (Phi) is 8.19. The van der Waals surface area contributed by atoms with Gasteiger partial charge in [0.1, 0.15) is 0 Å². The zero-order valence-electron chi connectivity index (χ0n) is 16.0. The quantitative estimate of drug-likeness (QED) is 0.614. The van der Waals surface area contributed by atoms with Gasteiger partial charge in [0, 0.05) is 19.6 Å². The average molecular weight is 381 g/mol. The van der Waals surface area contributed by atoms with Crippen LogP contribution in [0, 0.1) is 0 Å². The van der Waals surface area contributed by atoms with Gasteiger partial charge < -0.3 is 29.0 Å². The van der Waals surface area contributed by atoms with Gasteiger partial charge in [0.25, 0.3) is 5.91 Å². The highest BCUT2D eigenvalue weighted by Crippen LogP contribution is 2.38. The number of hydrogen-bond donors (Lipinski definition) is 1. The molecule has 0 radical (unpaired) electrons. The van der Waals surface area contributed by atoms with Crippen LogP contribution in [-0.4, -0.2) is 59.1 Å². The van der Waals surface area contributed by atoms with Crippen LogP contribution in [0.5, 0.6) is 17.2 Å². The Hall–Kier alpha value is -2.48. The van der Waals surface area contributed by atoms with Crippen LogP contribution in [0.1, 0.15) is 24.8 Å². The van der Waals surface area contributed by atoms with Crippen LogP contribution in [0.3, 0.4) is 0 Å². The summed E-state index contributed by atoms with van der Waals surface area (Å²) in [4.78, 5) is 23.6. The Morgan fingerprint density at radius 1 is 1.15 bits per heavy atom. The van der Waals surface area contributed by atoms with Gasteiger partial charge in [0.05, 0.1) is 27.4 Å². The summed E-state index contributed by atoms with van der Waals surface area (Å²) in [6, 6.07) is 3.56. The van der Waals surface area contributed by atoms with Crippen LogP contribution in [-0.2, 0) is 25.5 Å². The lowest BCUT2D eigenvalue weighted by Gasteiger charge is -2.14. The Bertz CT molecular complexity index is 616. The predicted octanol–water partition coefficient (Wildman–Crippen LogP) is 1.48. The first-order valence-corrected chi connectivity index (χ1v) is 8.90. The summed E-state index contributed by atoms with van der Waals surface area (Å²) in [6.07, 6.45) is 2.57. The highest BCUT2D eigenvalue weighted by atomic mass is 16.5. The average Bonchev–Trinajstić information content (AvgIpc) is 3.21. The number of benzene rings is 1. The highest BCUT2D eigenvalue weighted by molar-refractivity contribution is 5.80. The van der Waals surface area contributed by atoms with E-state index in [-0.39, 0.29) is 25.0 Å². The van der Waals surface area contributed by atoms with Crippen molar-refractivity contribution >= 4 is 11.9 Å². The molecule has 8 nitrogen and oxygen atoms in total. The summed E-state index contributed by atoms with van der Waals surface area (Å²) in [6.45, 7) is 0.888. The molecule has 1 amide bonds. The van der Waals surface area contributed by atoms with Crippen LogP contribution in [0.2, 0.25) is 0 Å². The summed E-state index contributed by atoms with van der Waals surface area (Å²) in [7, 11) is 4.59. The van der Waals surface area contributed by atoms with Crippen molar-refractivity contribution in [1.82, 2.24) is 5.32 Å². The molecule has 1 N–H and O–H groups in total. The van der Waals surface area contributed by atoms with E-state index in [2.05, 4.69) is 5.32 Å². The first-order valence-electron chi connectivity index (χ1n) is 8.90. The van der Waals surface area contributed by atoms with Gasteiger partial charge in [-0.15, -0.1) is 0 Å². The minimum absolute atomic E-state index is 0.0599. The first-order chi connectivity index (χ1) is 13.1. The maximum Gasteiger partial charge on any atom is 0.306 e. The minimum Gasteiger partial charge on any atom is -0.493 e. The SMILES string of the molecule is COc1cc(CCC(=O)OCC(=O)NC[C@@H]2CCCO2)cc(OC)c1OC. The number of amides is 1. The van der Waals surface area contributed by atoms with E-state index in [4.69, 9.17) is 23.7 Å². The molecule has 0 aliphatic carbocycles. The van der Waals surface area contributed by atoms with E-state index in [1.807, 2.05) is 0 Å². The monoisotopic (exact) mass is 381 g/mol. The Labute approximate surface area is 159 Å². The van der Waals surface area contributed by atoms with Crippen molar-refractivity contribution in [2.24, 2.45) is 0 Å². The number of rotatable bonds is 10. The second-order valence-electron chi connectivity index (χ2n) is 6.13.